The fraction of sp³-hybridized carbons (Fsp3) is 0.273. The number of hydrogen-bond donors (Lipinski definition) is 1. The Bertz CT molecular complexity index is 1060. The first-order chi connectivity index (χ1) is 15.1. The fourth-order valence-corrected chi connectivity index (χ4v) is 2.78. The molecule has 1 aromatic heterocycles. The molecule has 2 rings (SSSR count). The third-order valence-corrected chi connectivity index (χ3v) is 4.45. The summed E-state index contributed by atoms with van der Waals surface area (Å²) in [5.41, 5.74) is 1.30. The van der Waals surface area contributed by atoms with Crippen LogP contribution in [0.15, 0.2) is 47.2 Å². The van der Waals surface area contributed by atoms with Gasteiger partial charge < -0.3 is 15.0 Å². The van der Waals surface area contributed by atoms with Gasteiger partial charge in [-0.15, -0.1) is 0 Å². The number of benzene rings is 1. The minimum Gasteiger partial charge on any atom is -0.398 e. The number of oxime groups is 2. The second kappa shape index (κ2) is 10.6. The van der Waals surface area contributed by atoms with E-state index in [1.807, 2.05) is 13.0 Å². The molecule has 0 aliphatic carbocycles. The van der Waals surface area contributed by atoms with Crippen LogP contribution in [0.2, 0.25) is 0 Å². The second-order valence-corrected chi connectivity index (χ2v) is 6.62. The Hall–Kier alpha value is -3.69. The SMILES string of the molecule is C=Cc1cc(C(F)(F)F)cc(C(C)=NOCc2c(C)cccc2/C(=N\OC)C(=O)NC)n1. The van der Waals surface area contributed by atoms with E-state index >= 15 is 0 Å². The van der Waals surface area contributed by atoms with Crippen molar-refractivity contribution in [3.8, 4) is 0 Å². The summed E-state index contributed by atoms with van der Waals surface area (Å²) in [5.74, 6) is -0.455. The topological polar surface area (TPSA) is 85.2 Å². The highest BCUT2D eigenvalue weighted by Gasteiger charge is 2.31. The lowest BCUT2D eigenvalue weighted by Crippen LogP contribution is -2.29. The zero-order valence-corrected chi connectivity index (χ0v) is 18.1. The smallest absolute Gasteiger partial charge is 0.398 e. The van der Waals surface area contributed by atoms with Crippen LogP contribution < -0.4 is 5.32 Å². The van der Waals surface area contributed by atoms with Crippen molar-refractivity contribution in [2.45, 2.75) is 26.6 Å². The average Bonchev–Trinajstić information content (AvgIpc) is 2.77. The van der Waals surface area contributed by atoms with E-state index in [1.54, 1.807) is 12.1 Å². The van der Waals surface area contributed by atoms with Crippen LogP contribution in [0, 0.1) is 6.92 Å². The molecule has 0 aliphatic heterocycles. The Morgan fingerprint density at radius 2 is 2.00 bits per heavy atom. The maximum absolute atomic E-state index is 13.2. The number of pyridine rings is 1. The van der Waals surface area contributed by atoms with Gasteiger partial charge in [-0.3, -0.25) is 4.79 Å². The number of alkyl halides is 3. The summed E-state index contributed by atoms with van der Waals surface area (Å²) < 4.78 is 39.5. The molecule has 1 amide bonds. The predicted octanol–water partition coefficient (Wildman–Crippen LogP) is 4.09. The maximum Gasteiger partial charge on any atom is 0.416 e. The first-order valence-corrected chi connectivity index (χ1v) is 9.43. The molecule has 1 N–H and O–H groups in total. The molecule has 0 saturated carbocycles. The zero-order valence-electron chi connectivity index (χ0n) is 18.1. The quantitative estimate of drug-likeness (QED) is 0.487. The number of carbonyl (C=O) groups is 1. The number of likely N-dealkylation sites (N-methyl/N-ethyl adjacent to an activating group) is 1. The molecule has 10 heteroatoms. The number of aromatic nitrogens is 1. The van der Waals surface area contributed by atoms with Crippen LogP contribution in [-0.4, -0.2) is 36.5 Å². The van der Waals surface area contributed by atoms with Crippen LogP contribution in [0.1, 0.15) is 40.6 Å². The Morgan fingerprint density at radius 3 is 2.59 bits per heavy atom. The van der Waals surface area contributed by atoms with E-state index in [4.69, 9.17) is 9.68 Å². The zero-order chi connectivity index (χ0) is 23.9. The molecular formula is C22H23F3N4O3. The fourth-order valence-electron chi connectivity index (χ4n) is 2.78. The molecule has 0 fully saturated rings. The third-order valence-electron chi connectivity index (χ3n) is 4.45. The molecule has 1 aromatic carbocycles. The average molecular weight is 448 g/mol. The first kappa shape index (κ1) is 24.6. The summed E-state index contributed by atoms with van der Waals surface area (Å²) >= 11 is 0. The minimum atomic E-state index is -4.54. The van der Waals surface area contributed by atoms with E-state index in [1.165, 1.54) is 27.2 Å². The molecule has 7 nitrogen and oxygen atoms in total. The normalized spacial score (nSPS) is 12.3. The molecular weight excluding hydrogens is 425 g/mol. The molecule has 0 atom stereocenters. The summed E-state index contributed by atoms with van der Waals surface area (Å²) in [7, 11) is 2.79. The molecule has 0 radical (unpaired) electrons. The monoisotopic (exact) mass is 448 g/mol. The Morgan fingerprint density at radius 1 is 1.28 bits per heavy atom. The molecule has 0 saturated heterocycles. The number of hydrogen-bond acceptors (Lipinski definition) is 6. The van der Waals surface area contributed by atoms with Gasteiger partial charge >= 0.3 is 6.18 Å². The van der Waals surface area contributed by atoms with Crippen molar-refractivity contribution in [1.29, 1.82) is 0 Å². The van der Waals surface area contributed by atoms with Gasteiger partial charge in [0.25, 0.3) is 5.91 Å². The molecule has 32 heavy (non-hydrogen) atoms. The van der Waals surface area contributed by atoms with Gasteiger partial charge in [0.15, 0.2) is 5.71 Å². The van der Waals surface area contributed by atoms with Gasteiger partial charge in [-0.05, 0) is 37.6 Å². The lowest BCUT2D eigenvalue weighted by Gasteiger charge is -2.13. The van der Waals surface area contributed by atoms with Crippen molar-refractivity contribution in [2.75, 3.05) is 14.2 Å². The summed E-state index contributed by atoms with van der Waals surface area (Å²) in [5, 5.41) is 10.2. The van der Waals surface area contributed by atoms with E-state index in [0.29, 0.717) is 11.1 Å². The first-order valence-electron chi connectivity index (χ1n) is 9.43. The van der Waals surface area contributed by atoms with E-state index in [-0.39, 0.29) is 29.4 Å². The van der Waals surface area contributed by atoms with Gasteiger partial charge in [0, 0.05) is 18.2 Å². The van der Waals surface area contributed by atoms with Crippen molar-refractivity contribution in [3.05, 3.63) is 70.6 Å². The van der Waals surface area contributed by atoms with Crippen LogP contribution in [0.5, 0.6) is 0 Å². The van der Waals surface area contributed by atoms with E-state index in [2.05, 4.69) is 27.2 Å². The van der Waals surface area contributed by atoms with E-state index < -0.39 is 17.6 Å². The van der Waals surface area contributed by atoms with Gasteiger partial charge in [0.1, 0.15) is 19.4 Å². The van der Waals surface area contributed by atoms with Crippen LogP contribution in [0.3, 0.4) is 0 Å². The van der Waals surface area contributed by atoms with Crippen molar-refractivity contribution >= 4 is 23.4 Å². The third kappa shape index (κ3) is 5.93. The van der Waals surface area contributed by atoms with Gasteiger partial charge in [-0.1, -0.05) is 35.1 Å². The van der Waals surface area contributed by atoms with Gasteiger partial charge in [0.05, 0.1) is 17.0 Å². The molecule has 1 heterocycles. The molecule has 0 unspecified atom stereocenters. The van der Waals surface area contributed by atoms with Crippen LogP contribution >= 0.6 is 0 Å². The minimum absolute atomic E-state index is 0.00623. The summed E-state index contributed by atoms with van der Waals surface area (Å²) in [6, 6.07) is 7.04. The predicted molar refractivity (Wildman–Crippen MR) is 115 cm³/mol. The van der Waals surface area contributed by atoms with Crippen molar-refractivity contribution in [3.63, 3.8) is 0 Å². The summed E-state index contributed by atoms with van der Waals surface area (Å²) in [6.45, 7) is 6.71. The largest absolute Gasteiger partial charge is 0.416 e. The van der Waals surface area contributed by atoms with Gasteiger partial charge in [-0.25, -0.2) is 4.98 Å². The van der Waals surface area contributed by atoms with Gasteiger partial charge in [0.2, 0.25) is 0 Å². The van der Waals surface area contributed by atoms with Crippen molar-refractivity contribution in [1.82, 2.24) is 10.3 Å². The molecule has 170 valence electrons. The number of amides is 1. The number of rotatable bonds is 8. The number of nitrogens with zero attached hydrogens (tertiary/aromatic N) is 3. The molecule has 0 aliphatic rings. The lowest BCUT2D eigenvalue weighted by atomic mass is 9.98. The second-order valence-electron chi connectivity index (χ2n) is 6.62. The highest BCUT2D eigenvalue weighted by Crippen LogP contribution is 2.30. The number of nitrogens with one attached hydrogen (secondary N) is 1. The standard InChI is InChI=1S/C22H23F3N4O3/c1-6-16-10-15(22(23,24)25)11-19(27-16)14(3)28-32-12-18-13(2)8-7-9-17(18)20(29-31-5)21(30)26-4/h6-11H,1,12H2,2-5H3,(H,26,30)/b28-14?,29-20+. The number of aryl methyl sites for hydroxylation is 1. The molecule has 0 bridgehead atoms. The molecule has 2 aromatic rings. The van der Waals surface area contributed by atoms with E-state index in [9.17, 15) is 18.0 Å². The highest BCUT2D eigenvalue weighted by atomic mass is 19.4. The summed E-state index contributed by atoms with van der Waals surface area (Å²) in [4.78, 5) is 26.5. The molecule has 0 spiro atoms. The van der Waals surface area contributed by atoms with Crippen LogP contribution in [0.25, 0.3) is 6.08 Å². The number of halogens is 3. The van der Waals surface area contributed by atoms with E-state index in [0.717, 1.165) is 17.7 Å². The summed E-state index contributed by atoms with van der Waals surface area (Å²) in [6.07, 6.45) is -3.31. The van der Waals surface area contributed by atoms with Crippen molar-refractivity contribution in [2.24, 2.45) is 10.3 Å². The Labute approximate surface area is 183 Å². The highest BCUT2D eigenvalue weighted by molar-refractivity contribution is 6.45. The number of carbonyl (C=O) groups excluding carboxylic acids is 1. The Balaban J connectivity index is 2.35. The Kier molecular flexibility index (Phi) is 8.11. The van der Waals surface area contributed by atoms with Gasteiger partial charge in [-0.2, -0.15) is 13.2 Å². The maximum atomic E-state index is 13.2. The van der Waals surface area contributed by atoms with Crippen LogP contribution in [-0.2, 0) is 27.3 Å². The van der Waals surface area contributed by atoms with Crippen LogP contribution in [0.4, 0.5) is 13.2 Å². The lowest BCUT2D eigenvalue weighted by molar-refractivity contribution is -0.137. The van der Waals surface area contributed by atoms with Crippen molar-refractivity contribution < 1.29 is 27.6 Å².